The first kappa shape index (κ1) is 27.3. The van der Waals surface area contributed by atoms with E-state index >= 15 is 0 Å². The normalized spacial score (nSPS) is 11.4. The zero-order chi connectivity index (χ0) is 28.0. The van der Waals surface area contributed by atoms with Crippen LogP contribution >= 0.6 is 0 Å². The van der Waals surface area contributed by atoms with Crippen LogP contribution in [0.1, 0.15) is 0 Å². The van der Waals surface area contributed by atoms with Gasteiger partial charge in [-0.1, -0.05) is 42.5 Å². The molecule has 0 bridgehead atoms. The summed E-state index contributed by atoms with van der Waals surface area (Å²) in [4.78, 5) is 23.4. The number of carbonyl (C=O) groups is 1. The lowest BCUT2D eigenvalue weighted by Crippen LogP contribution is -2.38. The minimum Gasteiger partial charge on any atom is -0.325 e. The van der Waals surface area contributed by atoms with Gasteiger partial charge in [0.05, 0.1) is 20.4 Å². The van der Waals surface area contributed by atoms with E-state index in [1.807, 2.05) is 0 Å². The monoisotopic (exact) mass is 566 g/mol. The van der Waals surface area contributed by atoms with Crippen molar-refractivity contribution in [3.8, 4) is 0 Å². The van der Waals surface area contributed by atoms with Gasteiger partial charge in [-0.05, 0) is 54.6 Å². The Balaban J connectivity index is 1.56. The summed E-state index contributed by atoms with van der Waals surface area (Å²) in [5.41, 5.74) is 0.184. The third-order valence-electron chi connectivity index (χ3n) is 5.42. The Kier molecular flexibility index (Phi) is 7.93. The number of rotatable bonds is 10. The first-order chi connectivity index (χ1) is 18.6. The van der Waals surface area contributed by atoms with Crippen LogP contribution in [0.15, 0.2) is 119 Å². The molecule has 0 atom stereocenters. The summed E-state index contributed by atoms with van der Waals surface area (Å²) in [5.74, 6) is -0.751. The van der Waals surface area contributed by atoms with Gasteiger partial charge in [0.1, 0.15) is 6.54 Å². The van der Waals surface area contributed by atoms with Crippen LogP contribution in [-0.4, -0.2) is 34.2 Å². The zero-order valence-electron chi connectivity index (χ0n) is 20.2. The van der Waals surface area contributed by atoms with Crippen LogP contribution in [-0.2, 0) is 24.8 Å². The number of amides is 1. The third-order valence-corrected chi connectivity index (χ3v) is 8.61. The lowest BCUT2D eigenvalue weighted by atomic mass is 10.3. The SMILES string of the molecule is O=C(CN(c1cccc([N+](=O)[O-])c1)S(=O)(=O)c1ccccc1)Nc1ccc(S(=O)(=O)Nc2ccccc2)cc1. The molecule has 0 radical (unpaired) electrons. The van der Waals surface area contributed by atoms with E-state index in [0.717, 1.165) is 10.4 Å². The Bertz CT molecular complexity index is 1700. The summed E-state index contributed by atoms with van der Waals surface area (Å²) < 4.78 is 55.3. The van der Waals surface area contributed by atoms with Crippen LogP contribution in [0, 0.1) is 10.1 Å². The highest BCUT2D eigenvalue weighted by Gasteiger charge is 2.28. The number of nitro groups is 1. The van der Waals surface area contributed by atoms with E-state index in [9.17, 15) is 31.7 Å². The van der Waals surface area contributed by atoms with E-state index in [-0.39, 0.29) is 26.9 Å². The summed E-state index contributed by atoms with van der Waals surface area (Å²) in [6, 6.07) is 25.9. The quantitative estimate of drug-likeness (QED) is 0.215. The van der Waals surface area contributed by atoms with Gasteiger partial charge in [-0.15, -0.1) is 0 Å². The van der Waals surface area contributed by atoms with Gasteiger partial charge in [-0.3, -0.25) is 23.9 Å². The molecular formula is C26H22N4O7S2. The highest BCUT2D eigenvalue weighted by Crippen LogP contribution is 2.27. The number of anilines is 3. The van der Waals surface area contributed by atoms with Gasteiger partial charge < -0.3 is 5.32 Å². The summed E-state index contributed by atoms with van der Waals surface area (Å²) in [7, 11) is -8.16. The van der Waals surface area contributed by atoms with Crippen molar-refractivity contribution in [1.29, 1.82) is 0 Å². The van der Waals surface area contributed by atoms with Crippen molar-refractivity contribution in [2.45, 2.75) is 9.79 Å². The Labute approximate surface area is 225 Å². The molecule has 0 saturated heterocycles. The van der Waals surface area contributed by atoms with E-state index in [2.05, 4.69) is 10.0 Å². The molecule has 0 aliphatic rings. The topological polar surface area (TPSA) is 156 Å². The van der Waals surface area contributed by atoms with Crippen LogP contribution in [0.25, 0.3) is 0 Å². The number of benzene rings is 4. The Morgan fingerprint density at radius 2 is 1.36 bits per heavy atom. The number of nitrogens with zero attached hydrogens (tertiary/aromatic N) is 2. The first-order valence-electron chi connectivity index (χ1n) is 11.4. The standard InChI is InChI=1S/C26H22N4O7S2/c31-26(27-20-14-16-24(17-15-20)38(34,35)28-21-8-3-1-4-9-21)19-29(22-10-7-11-23(18-22)30(32)33)39(36,37)25-12-5-2-6-13-25/h1-18,28H,19H2,(H,27,31). The molecule has 0 saturated carbocycles. The van der Waals surface area contributed by atoms with E-state index in [1.54, 1.807) is 36.4 Å². The molecule has 0 aromatic heterocycles. The largest absolute Gasteiger partial charge is 0.325 e. The van der Waals surface area contributed by atoms with Crippen molar-refractivity contribution < 1.29 is 26.6 Å². The zero-order valence-corrected chi connectivity index (χ0v) is 21.8. The number of sulfonamides is 2. The minimum absolute atomic E-state index is 0.0470. The molecule has 0 unspecified atom stereocenters. The maximum absolute atomic E-state index is 13.4. The van der Waals surface area contributed by atoms with Crippen molar-refractivity contribution in [2.24, 2.45) is 0 Å². The van der Waals surface area contributed by atoms with Gasteiger partial charge in [-0.2, -0.15) is 0 Å². The van der Waals surface area contributed by atoms with E-state index < -0.39 is 37.4 Å². The number of para-hydroxylation sites is 1. The highest BCUT2D eigenvalue weighted by atomic mass is 32.2. The Morgan fingerprint density at radius 1 is 0.744 bits per heavy atom. The second kappa shape index (κ2) is 11.3. The number of hydrogen-bond acceptors (Lipinski definition) is 7. The van der Waals surface area contributed by atoms with Crippen molar-refractivity contribution in [3.63, 3.8) is 0 Å². The van der Waals surface area contributed by atoms with Crippen molar-refractivity contribution in [3.05, 3.63) is 119 Å². The average molecular weight is 567 g/mol. The molecule has 4 aromatic carbocycles. The molecule has 0 fully saturated rings. The maximum Gasteiger partial charge on any atom is 0.271 e. The van der Waals surface area contributed by atoms with Gasteiger partial charge in [0.2, 0.25) is 5.91 Å². The Morgan fingerprint density at radius 3 is 1.97 bits per heavy atom. The number of nitro benzene ring substituents is 1. The maximum atomic E-state index is 13.4. The van der Waals surface area contributed by atoms with E-state index in [1.165, 1.54) is 66.7 Å². The number of non-ortho nitro benzene ring substituents is 1. The molecule has 0 heterocycles. The summed E-state index contributed by atoms with van der Waals surface area (Å²) in [6.45, 7) is -0.700. The van der Waals surface area contributed by atoms with Crippen LogP contribution in [0.4, 0.5) is 22.7 Å². The van der Waals surface area contributed by atoms with Crippen molar-refractivity contribution in [2.75, 3.05) is 20.9 Å². The molecule has 4 aromatic rings. The van der Waals surface area contributed by atoms with Crippen LogP contribution in [0.5, 0.6) is 0 Å². The third kappa shape index (κ3) is 6.58. The molecule has 0 aliphatic heterocycles. The average Bonchev–Trinajstić information content (AvgIpc) is 2.93. The molecule has 1 amide bonds. The fourth-order valence-corrected chi connectivity index (χ4v) is 6.06. The van der Waals surface area contributed by atoms with Crippen LogP contribution < -0.4 is 14.3 Å². The summed E-state index contributed by atoms with van der Waals surface area (Å²) >= 11 is 0. The van der Waals surface area contributed by atoms with Crippen LogP contribution in [0.3, 0.4) is 0 Å². The van der Waals surface area contributed by atoms with Crippen molar-refractivity contribution in [1.82, 2.24) is 0 Å². The van der Waals surface area contributed by atoms with Gasteiger partial charge in [-0.25, -0.2) is 16.8 Å². The molecule has 0 aliphatic carbocycles. The first-order valence-corrected chi connectivity index (χ1v) is 14.3. The molecular weight excluding hydrogens is 544 g/mol. The number of nitrogens with one attached hydrogen (secondary N) is 2. The Hall–Kier alpha value is -4.75. The number of hydrogen-bond donors (Lipinski definition) is 2. The molecule has 11 nitrogen and oxygen atoms in total. The van der Waals surface area contributed by atoms with Gasteiger partial charge in [0, 0.05) is 23.5 Å². The predicted molar refractivity (Wildman–Crippen MR) is 146 cm³/mol. The highest BCUT2D eigenvalue weighted by molar-refractivity contribution is 7.93. The van der Waals surface area contributed by atoms with E-state index in [4.69, 9.17) is 0 Å². The molecule has 2 N–H and O–H groups in total. The smallest absolute Gasteiger partial charge is 0.271 e. The fourth-order valence-electron chi connectivity index (χ4n) is 3.57. The van der Waals surface area contributed by atoms with E-state index in [0.29, 0.717) is 5.69 Å². The van der Waals surface area contributed by atoms with Gasteiger partial charge in [0.15, 0.2) is 0 Å². The minimum atomic E-state index is -4.28. The lowest BCUT2D eigenvalue weighted by Gasteiger charge is -2.24. The predicted octanol–water partition coefficient (Wildman–Crippen LogP) is 4.23. The molecule has 200 valence electrons. The number of carbonyl (C=O) groups excluding carboxylic acids is 1. The van der Waals surface area contributed by atoms with Crippen LogP contribution in [0.2, 0.25) is 0 Å². The van der Waals surface area contributed by atoms with Gasteiger partial charge >= 0.3 is 0 Å². The molecule has 0 spiro atoms. The lowest BCUT2D eigenvalue weighted by molar-refractivity contribution is -0.384. The van der Waals surface area contributed by atoms with Gasteiger partial charge in [0.25, 0.3) is 25.7 Å². The molecule has 4 rings (SSSR count). The van der Waals surface area contributed by atoms with Crippen molar-refractivity contribution >= 4 is 48.7 Å². The summed E-state index contributed by atoms with van der Waals surface area (Å²) in [5, 5.41) is 13.8. The second-order valence-electron chi connectivity index (χ2n) is 8.15. The molecule has 13 heteroatoms. The fraction of sp³-hybridized carbons (Fsp3) is 0.0385. The molecule has 39 heavy (non-hydrogen) atoms. The summed E-state index contributed by atoms with van der Waals surface area (Å²) in [6.07, 6.45) is 0. The second-order valence-corrected chi connectivity index (χ2v) is 11.7.